The van der Waals surface area contributed by atoms with Crippen LogP contribution in [0.2, 0.25) is 15.1 Å². The molecule has 0 unspecified atom stereocenters. The van der Waals surface area contributed by atoms with Gasteiger partial charge in [0.05, 0.1) is 26.1 Å². The van der Waals surface area contributed by atoms with E-state index in [4.69, 9.17) is 40.1 Å². The first-order valence-corrected chi connectivity index (χ1v) is 5.44. The Kier molecular flexibility index (Phi) is 3.09. The van der Waals surface area contributed by atoms with Crippen LogP contribution in [0.5, 0.6) is 0 Å². The number of hydrogen-bond acceptors (Lipinski definition) is 2. The number of nitriles is 1. The fourth-order valence-electron chi connectivity index (χ4n) is 1.36. The molecule has 0 aliphatic carbocycles. The average Bonchev–Trinajstić information content (AvgIpc) is 2.71. The molecule has 9 heteroatoms. The van der Waals surface area contributed by atoms with Crippen LogP contribution in [0.15, 0.2) is 0 Å². The van der Waals surface area contributed by atoms with Gasteiger partial charge in [0.1, 0.15) is 11.6 Å². The third kappa shape index (κ3) is 1.88. The highest BCUT2D eigenvalue weighted by molar-refractivity contribution is 6.48. The minimum absolute atomic E-state index is 0.155. The van der Waals surface area contributed by atoms with Crippen molar-refractivity contribution in [1.29, 1.82) is 5.26 Å². The topological polar surface area (TPSA) is 52.5 Å². The fourth-order valence-corrected chi connectivity index (χ4v) is 2.14. The van der Waals surface area contributed by atoms with E-state index in [2.05, 4.69) is 4.98 Å². The molecule has 0 aliphatic heterocycles. The minimum atomic E-state index is -4.68. The Hall–Kier alpha value is -1.16. The smallest absolute Gasteiger partial charge is 0.333 e. The number of imidazole rings is 1. The Bertz CT molecular complexity index is 684. The molecule has 0 radical (unpaired) electrons. The van der Waals surface area contributed by atoms with Crippen molar-refractivity contribution >= 4 is 45.8 Å². The lowest BCUT2D eigenvalue weighted by atomic mass is 10.2. The normalized spacial score (nSPS) is 11.8. The standard InChI is InChI=1S/C9HCl3F3N3/c10-3-2(1-16)4(11)6-7(5(3)12)18-8(17-6)9(13,14)15/h(H,17,18). The Morgan fingerprint density at radius 2 is 1.72 bits per heavy atom. The van der Waals surface area contributed by atoms with Crippen molar-refractivity contribution in [3.8, 4) is 6.07 Å². The molecule has 0 spiro atoms. The first kappa shape index (κ1) is 13.3. The van der Waals surface area contributed by atoms with Gasteiger partial charge in [-0.2, -0.15) is 18.4 Å². The van der Waals surface area contributed by atoms with E-state index in [9.17, 15) is 13.2 Å². The molecule has 18 heavy (non-hydrogen) atoms. The Balaban J connectivity index is 2.90. The lowest BCUT2D eigenvalue weighted by Crippen LogP contribution is -2.06. The molecular weight excluding hydrogens is 313 g/mol. The number of alkyl halides is 3. The van der Waals surface area contributed by atoms with Gasteiger partial charge in [0.15, 0.2) is 0 Å². The number of nitrogens with one attached hydrogen (secondary N) is 1. The summed E-state index contributed by atoms with van der Waals surface area (Å²) in [5.41, 5.74) is -0.607. The van der Waals surface area contributed by atoms with Crippen LogP contribution in [-0.2, 0) is 6.18 Å². The molecule has 1 N–H and O–H groups in total. The highest BCUT2D eigenvalue weighted by atomic mass is 35.5. The summed E-state index contributed by atoms with van der Waals surface area (Å²) in [7, 11) is 0. The molecule has 1 heterocycles. The van der Waals surface area contributed by atoms with Gasteiger partial charge in [-0.25, -0.2) is 4.98 Å². The zero-order valence-corrected chi connectivity index (χ0v) is 10.4. The molecule has 0 amide bonds. The summed E-state index contributed by atoms with van der Waals surface area (Å²) >= 11 is 17.3. The van der Waals surface area contributed by atoms with Crippen LogP contribution in [0.4, 0.5) is 13.2 Å². The molecule has 0 saturated carbocycles. The van der Waals surface area contributed by atoms with E-state index in [1.54, 1.807) is 6.07 Å². The van der Waals surface area contributed by atoms with Crippen molar-refractivity contribution in [2.75, 3.05) is 0 Å². The molecule has 0 atom stereocenters. The summed E-state index contributed by atoms with van der Waals surface area (Å²) in [4.78, 5) is 5.28. The molecule has 0 aliphatic rings. The molecular formula is C9HCl3F3N3. The van der Waals surface area contributed by atoms with E-state index in [1.807, 2.05) is 4.98 Å². The largest absolute Gasteiger partial charge is 0.449 e. The molecule has 3 nitrogen and oxygen atoms in total. The van der Waals surface area contributed by atoms with Gasteiger partial charge in [0, 0.05) is 0 Å². The number of rotatable bonds is 0. The van der Waals surface area contributed by atoms with Crippen molar-refractivity contribution < 1.29 is 13.2 Å². The monoisotopic (exact) mass is 313 g/mol. The lowest BCUT2D eigenvalue weighted by Gasteiger charge is -2.02. The summed E-state index contributed by atoms with van der Waals surface area (Å²) in [5, 5.41) is 8.10. The number of halogens is 6. The van der Waals surface area contributed by atoms with Crippen molar-refractivity contribution in [2.45, 2.75) is 6.18 Å². The Morgan fingerprint density at radius 3 is 2.22 bits per heavy atom. The minimum Gasteiger partial charge on any atom is -0.333 e. The molecule has 2 rings (SSSR count). The summed E-state index contributed by atoms with van der Waals surface area (Å²) in [5.74, 6) is -1.26. The molecule has 94 valence electrons. The van der Waals surface area contributed by atoms with Gasteiger partial charge >= 0.3 is 6.18 Å². The summed E-state index contributed by atoms with van der Waals surface area (Å²) in [6.07, 6.45) is -4.68. The number of aromatic amines is 1. The van der Waals surface area contributed by atoms with Crippen LogP contribution < -0.4 is 0 Å². The zero-order valence-electron chi connectivity index (χ0n) is 8.16. The quantitative estimate of drug-likeness (QED) is 0.732. The van der Waals surface area contributed by atoms with Gasteiger partial charge in [-0.15, -0.1) is 0 Å². The van der Waals surface area contributed by atoms with Crippen molar-refractivity contribution in [2.24, 2.45) is 0 Å². The SMILES string of the molecule is N#Cc1c(Cl)c(Cl)c2[nH]c(C(F)(F)F)nc2c1Cl. The van der Waals surface area contributed by atoms with E-state index in [1.165, 1.54) is 0 Å². The molecule has 1 aromatic heterocycles. The van der Waals surface area contributed by atoms with E-state index in [0.29, 0.717) is 0 Å². The second-order valence-electron chi connectivity index (χ2n) is 3.24. The predicted molar refractivity (Wildman–Crippen MR) is 60.8 cm³/mol. The van der Waals surface area contributed by atoms with E-state index in [0.717, 1.165) is 0 Å². The van der Waals surface area contributed by atoms with Gasteiger partial charge in [-0.3, -0.25) is 0 Å². The third-order valence-electron chi connectivity index (χ3n) is 2.14. The van der Waals surface area contributed by atoms with Crippen molar-refractivity contribution in [3.63, 3.8) is 0 Å². The van der Waals surface area contributed by atoms with Crippen LogP contribution in [0, 0.1) is 11.3 Å². The molecule has 0 saturated heterocycles. The highest BCUT2D eigenvalue weighted by Crippen LogP contribution is 2.40. The van der Waals surface area contributed by atoms with Gasteiger partial charge in [0.2, 0.25) is 5.82 Å². The van der Waals surface area contributed by atoms with Gasteiger partial charge in [0.25, 0.3) is 0 Å². The maximum absolute atomic E-state index is 12.5. The Labute approximate surface area is 113 Å². The molecule has 0 bridgehead atoms. The van der Waals surface area contributed by atoms with E-state index >= 15 is 0 Å². The van der Waals surface area contributed by atoms with Crippen molar-refractivity contribution in [3.05, 3.63) is 26.5 Å². The summed E-state index contributed by atoms with van der Waals surface area (Å²) in [6.45, 7) is 0. The summed E-state index contributed by atoms with van der Waals surface area (Å²) in [6, 6.07) is 1.66. The van der Waals surface area contributed by atoms with Gasteiger partial charge in [-0.1, -0.05) is 34.8 Å². The number of aromatic nitrogens is 2. The number of nitrogens with zero attached hydrogens (tertiary/aromatic N) is 2. The maximum atomic E-state index is 12.5. The van der Waals surface area contributed by atoms with Crippen LogP contribution >= 0.6 is 34.8 Å². The molecule has 1 aromatic carbocycles. The maximum Gasteiger partial charge on any atom is 0.449 e. The number of fused-ring (bicyclic) bond motifs is 1. The summed E-state index contributed by atoms with van der Waals surface area (Å²) < 4.78 is 37.5. The van der Waals surface area contributed by atoms with Gasteiger partial charge < -0.3 is 4.98 Å². The number of H-pyrrole nitrogens is 1. The fraction of sp³-hybridized carbons (Fsp3) is 0.111. The first-order valence-electron chi connectivity index (χ1n) is 4.30. The van der Waals surface area contributed by atoms with Gasteiger partial charge in [-0.05, 0) is 0 Å². The number of hydrogen-bond donors (Lipinski definition) is 1. The first-order chi connectivity index (χ1) is 8.27. The number of benzene rings is 1. The predicted octanol–water partition coefficient (Wildman–Crippen LogP) is 4.41. The Morgan fingerprint density at radius 1 is 1.11 bits per heavy atom. The van der Waals surface area contributed by atoms with Crippen LogP contribution in [-0.4, -0.2) is 9.97 Å². The van der Waals surface area contributed by atoms with Crippen LogP contribution in [0.3, 0.4) is 0 Å². The van der Waals surface area contributed by atoms with Crippen LogP contribution in [0.1, 0.15) is 11.4 Å². The average molecular weight is 314 g/mol. The van der Waals surface area contributed by atoms with Crippen LogP contribution in [0.25, 0.3) is 11.0 Å². The molecule has 2 aromatic rings. The van der Waals surface area contributed by atoms with Crippen molar-refractivity contribution in [1.82, 2.24) is 9.97 Å². The molecule has 0 fully saturated rings. The third-order valence-corrected chi connectivity index (χ3v) is 3.36. The highest BCUT2D eigenvalue weighted by Gasteiger charge is 2.36. The zero-order chi connectivity index (χ0) is 13.7. The second-order valence-corrected chi connectivity index (χ2v) is 4.37. The van der Waals surface area contributed by atoms with E-state index < -0.39 is 12.0 Å². The lowest BCUT2D eigenvalue weighted by molar-refractivity contribution is -0.144. The second kappa shape index (κ2) is 4.19. The van der Waals surface area contributed by atoms with E-state index in [-0.39, 0.29) is 31.7 Å².